The van der Waals surface area contributed by atoms with Crippen molar-refractivity contribution in [3.8, 4) is 11.8 Å². The Balaban J connectivity index is 2.82. The number of hydrogen-bond acceptors (Lipinski definition) is 0. The highest BCUT2D eigenvalue weighted by Crippen LogP contribution is 2.08. The predicted molar refractivity (Wildman–Crippen MR) is 48.9 cm³/mol. The van der Waals surface area contributed by atoms with Gasteiger partial charge in [-0.1, -0.05) is 17.5 Å². The zero-order valence-corrected chi connectivity index (χ0v) is 6.73. The van der Waals surface area contributed by atoms with Crippen LogP contribution >= 0.6 is 11.6 Å². The van der Waals surface area contributed by atoms with Gasteiger partial charge in [0.15, 0.2) is 0 Å². The molecule has 11 heavy (non-hydrogen) atoms. The van der Waals surface area contributed by atoms with E-state index in [0.29, 0.717) is 6.32 Å². The van der Waals surface area contributed by atoms with Gasteiger partial charge in [0.05, 0.1) is 7.85 Å². The Hall–Kier alpha value is -0.865. The third-order valence-corrected chi connectivity index (χ3v) is 1.43. The van der Waals surface area contributed by atoms with E-state index in [-0.39, 0.29) is 0 Å². The van der Waals surface area contributed by atoms with Crippen LogP contribution in [0.3, 0.4) is 0 Å². The SMILES string of the molecule is [B]CC#Cc1ccc(Cl)cc1. The summed E-state index contributed by atoms with van der Waals surface area (Å²) in [5.74, 6) is 5.66. The fraction of sp³-hybridized carbons (Fsp3) is 0.111. The summed E-state index contributed by atoms with van der Waals surface area (Å²) in [7, 11) is 5.21. The molecule has 0 saturated heterocycles. The summed E-state index contributed by atoms with van der Waals surface area (Å²) in [4.78, 5) is 0. The molecule has 1 rings (SSSR count). The largest absolute Gasteiger partial charge is 0.108 e. The average molecular weight is 160 g/mol. The van der Waals surface area contributed by atoms with E-state index >= 15 is 0 Å². The van der Waals surface area contributed by atoms with E-state index < -0.39 is 0 Å². The minimum atomic E-state index is 0.391. The number of hydrogen-bond donors (Lipinski definition) is 0. The molecular formula is C9H6BCl. The molecule has 2 heteroatoms. The maximum atomic E-state index is 5.67. The summed E-state index contributed by atoms with van der Waals surface area (Å²) in [5, 5.41) is 0.725. The first kappa shape index (κ1) is 8.23. The first-order chi connectivity index (χ1) is 5.33. The van der Waals surface area contributed by atoms with Crippen LogP contribution in [0.2, 0.25) is 11.3 Å². The second-order valence-corrected chi connectivity index (χ2v) is 2.45. The van der Waals surface area contributed by atoms with Crippen LogP contribution in [-0.2, 0) is 0 Å². The van der Waals surface area contributed by atoms with Crippen LogP contribution in [0.25, 0.3) is 0 Å². The first-order valence-electron chi connectivity index (χ1n) is 3.27. The van der Waals surface area contributed by atoms with Gasteiger partial charge in [-0.3, -0.25) is 0 Å². The summed E-state index contributed by atoms with van der Waals surface area (Å²) in [6, 6.07) is 7.35. The third-order valence-electron chi connectivity index (χ3n) is 1.18. The minimum absolute atomic E-state index is 0.391. The molecule has 2 radical (unpaired) electrons. The van der Waals surface area contributed by atoms with Gasteiger partial charge in [0, 0.05) is 10.6 Å². The quantitative estimate of drug-likeness (QED) is 0.403. The van der Waals surface area contributed by atoms with Crippen LogP contribution in [0.5, 0.6) is 0 Å². The molecule has 0 saturated carbocycles. The maximum Gasteiger partial charge on any atom is 0.0828 e. The molecule has 0 aliphatic carbocycles. The normalized spacial score (nSPS) is 8.45. The molecule has 0 aromatic heterocycles. The molecule has 0 aliphatic heterocycles. The van der Waals surface area contributed by atoms with Crippen molar-refractivity contribution >= 4 is 19.4 Å². The van der Waals surface area contributed by atoms with Gasteiger partial charge in [-0.25, -0.2) is 0 Å². The van der Waals surface area contributed by atoms with Gasteiger partial charge in [-0.2, -0.15) is 0 Å². The summed E-state index contributed by atoms with van der Waals surface area (Å²) >= 11 is 5.67. The molecule has 0 fully saturated rings. The highest BCUT2D eigenvalue weighted by molar-refractivity contribution is 6.30. The predicted octanol–water partition coefficient (Wildman–Crippen LogP) is 2.28. The van der Waals surface area contributed by atoms with Gasteiger partial charge < -0.3 is 0 Å². The third kappa shape index (κ3) is 2.70. The topological polar surface area (TPSA) is 0 Å². The average Bonchev–Trinajstić information content (AvgIpc) is 2.04. The van der Waals surface area contributed by atoms with Crippen LogP contribution in [-0.4, -0.2) is 7.85 Å². The minimum Gasteiger partial charge on any atom is -0.108 e. The molecule has 1 aromatic carbocycles. The van der Waals surface area contributed by atoms with Crippen LogP contribution in [0.15, 0.2) is 24.3 Å². The van der Waals surface area contributed by atoms with Gasteiger partial charge in [0.2, 0.25) is 0 Å². The number of rotatable bonds is 0. The lowest BCUT2D eigenvalue weighted by molar-refractivity contribution is 1.64. The van der Waals surface area contributed by atoms with Gasteiger partial charge in [0.1, 0.15) is 0 Å². The second kappa shape index (κ2) is 4.11. The van der Waals surface area contributed by atoms with Crippen molar-refractivity contribution in [1.29, 1.82) is 0 Å². The lowest BCUT2D eigenvalue weighted by Crippen LogP contribution is -1.71. The molecule has 0 atom stereocenters. The Morgan fingerprint density at radius 3 is 2.45 bits per heavy atom. The van der Waals surface area contributed by atoms with Gasteiger partial charge in [0.25, 0.3) is 0 Å². The van der Waals surface area contributed by atoms with E-state index in [2.05, 4.69) is 11.8 Å². The molecule has 0 amide bonds. The fourth-order valence-electron chi connectivity index (χ4n) is 0.686. The van der Waals surface area contributed by atoms with Crippen molar-refractivity contribution in [2.75, 3.05) is 0 Å². The van der Waals surface area contributed by atoms with E-state index in [1.165, 1.54) is 0 Å². The Labute approximate surface area is 73.0 Å². The van der Waals surface area contributed by atoms with Crippen LogP contribution in [0, 0.1) is 11.8 Å². The molecule has 0 aliphatic rings. The Morgan fingerprint density at radius 1 is 1.27 bits per heavy atom. The van der Waals surface area contributed by atoms with Crippen molar-refractivity contribution in [3.63, 3.8) is 0 Å². The van der Waals surface area contributed by atoms with Crippen molar-refractivity contribution in [2.45, 2.75) is 6.32 Å². The van der Waals surface area contributed by atoms with E-state index in [1.807, 2.05) is 24.3 Å². The Bertz CT molecular complexity index is 279. The van der Waals surface area contributed by atoms with Crippen molar-refractivity contribution < 1.29 is 0 Å². The Kier molecular flexibility index (Phi) is 3.07. The van der Waals surface area contributed by atoms with Gasteiger partial charge >= 0.3 is 0 Å². The van der Waals surface area contributed by atoms with E-state index in [1.54, 1.807) is 0 Å². The smallest absolute Gasteiger partial charge is 0.0828 e. The lowest BCUT2D eigenvalue weighted by Gasteiger charge is -1.88. The molecule has 0 N–H and O–H groups in total. The fourth-order valence-corrected chi connectivity index (χ4v) is 0.812. The highest BCUT2D eigenvalue weighted by Gasteiger charge is 1.85. The lowest BCUT2D eigenvalue weighted by atomic mass is 10.1. The standard InChI is InChI=1S/C9H6BCl/c10-7-1-2-8-3-5-9(11)6-4-8/h3-6H,7H2. The molecule has 0 unspecified atom stereocenters. The molecule has 0 nitrogen and oxygen atoms in total. The highest BCUT2D eigenvalue weighted by atomic mass is 35.5. The van der Waals surface area contributed by atoms with Crippen molar-refractivity contribution in [2.24, 2.45) is 0 Å². The Morgan fingerprint density at radius 2 is 1.91 bits per heavy atom. The number of halogens is 1. The molecule has 52 valence electrons. The van der Waals surface area contributed by atoms with Crippen LogP contribution in [0.1, 0.15) is 5.56 Å². The maximum absolute atomic E-state index is 5.67. The zero-order chi connectivity index (χ0) is 8.10. The van der Waals surface area contributed by atoms with Crippen molar-refractivity contribution in [3.05, 3.63) is 34.9 Å². The second-order valence-electron chi connectivity index (χ2n) is 2.01. The van der Waals surface area contributed by atoms with Gasteiger partial charge in [-0.15, -0.1) is 5.92 Å². The summed E-state index contributed by atoms with van der Waals surface area (Å²) in [6.07, 6.45) is 0.391. The molecular weight excluding hydrogens is 154 g/mol. The zero-order valence-electron chi connectivity index (χ0n) is 5.97. The van der Waals surface area contributed by atoms with Crippen LogP contribution in [0.4, 0.5) is 0 Å². The molecule has 0 heterocycles. The van der Waals surface area contributed by atoms with E-state index in [0.717, 1.165) is 10.6 Å². The van der Waals surface area contributed by atoms with Gasteiger partial charge in [-0.05, 0) is 30.6 Å². The molecule has 0 bridgehead atoms. The summed E-state index contributed by atoms with van der Waals surface area (Å²) < 4.78 is 0. The molecule has 0 spiro atoms. The monoisotopic (exact) mass is 160 g/mol. The first-order valence-corrected chi connectivity index (χ1v) is 3.65. The van der Waals surface area contributed by atoms with Crippen molar-refractivity contribution in [1.82, 2.24) is 0 Å². The van der Waals surface area contributed by atoms with E-state index in [4.69, 9.17) is 19.4 Å². The summed E-state index contributed by atoms with van der Waals surface area (Å²) in [5.41, 5.74) is 0.944. The summed E-state index contributed by atoms with van der Waals surface area (Å²) in [6.45, 7) is 0. The number of benzene rings is 1. The van der Waals surface area contributed by atoms with Crippen LogP contribution < -0.4 is 0 Å². The van der Waals surface area contributed by atoms with E-state index in [9.17, 15) is 0 Å². The molecule has 1 aromatic rings.